The number of ether oxygens (including phenoxy) is 2. The molecule has 2 aromatic rings. The number of piperidine rings is 1. The first-order valence-electron chi connectivity index (χ1n) is 9.40. The van der Waals surface area contributed by atoms with Crippen molar-refractivity contribution in [2.75, 3.05) is 26.3 Å². The second-order valence-electron chi connectivity index (χ2n) is 7.06. The van der Waals surface area contributed by atoms with Crippen molar-refractivity contribution in [3.05, 3.63) is 40.1 Å². The van der Waals surface area contributed by atoms with Crippen molar-refractivity contribution in [3.8, 4) is 11.5 Å². The molecule has 0 aliphatic carbocycles. The van der Waals surface area contributed by atoms with Gasteiger partial charge in [0.15, 0.2) is 11.5 Å². The van der Waals surface area contributed by atoms with E-state index in [1.54, 1.807) is 11.6 Å². The van der Waals surface area contributed by atoms with Crippen LogP contribution in [-0.2, 0) is 20.1 Å². The van der Waals surface area contributed by atoms with Gasteiger partial charge in [-0.2, -0.15) is 5.10 Å². The van der Waals surface area contributed by atoms with Gasteiger partial charge < -0.3 is 9.47 Å². The summed E-state index contributed by atoms with van der Waals surface area (Å²) < 4.78 is 14.6. The Morgan fingerprint density at radius 1 is 1.23 bits per heavy atom. The fourth-order valence-electron chi connectivity index (χ4n) is 3.98. The van der Waals surface area contributed by atoms with Crippen LogP contribution in [0.15, 0.2) is 23.0 Å². The predicted molar refractivity (Wildman–Crippen MR) is 97.8 cm³/mol. The van der Waals surface area contributed by atoms with Gasteiger partial charge in [-0.05, 0) is 44.0 Å². The number of nitrogens with zero attached hydrogens (tertiary/aromatic N) is 4. The molecular weight excluding hydrogens is 332 g/mol. The van der Waals surface area contributed by atoms with E-state index >= 15 is 0 Å². The van der Waals surface area contributed by atoms with Gasteiger partial charge in [0.1, 0.15) is 19.0 Å². The first-order chi connectivity index (χ1) is 12.7. The highest BCUT2D eigenvalue weighted by atomic mass is 16.6. The number of aryl methyl sites for hydroxylation is 1. The molecule has 3 heterocycles. The molecular formula is C19H26N4O3. The summed E-state index contributed by atoms with van der Waals surface area (Å²) >= 11 is 0. The van der Waals surface area contributed by atoms with Crippen LogP contribution in [-0.4, -0.2) is 45.6 Å². The minimum Gasteiger partial charge on any atom is -0.486 e. The monoisotopic (exact) mass is 358 g/mol. The van der Waals surface area contributed by atoms with Gasteiger partial charge in [-0.25, -0.2) is 9.48 Å². The van der Waals surface area contributed by atoms with E-state index in [0.29, 0.717) is 25.7 Å². The second kappa shape index (κ2) is 7.15. The van der Waals surface area contributed by atoms with Crippen LogP contribution in [0.3, 0.4) is 0 Å². The molecule has 7 heteroatoms. The Bertz CT molecular complexity index is 842. The molecule has 0 unspecified atom stereocenters. The summed E-state index contributed by atoms with van der Waals surface area (Å²) in [6.07, 6.45) is 2.19. The van der Waals surface area contributed by atoms with Crippen LogP contribution in [0.1, 0.15) is 37.1 Å². The highest BCUT2D eigenvalue weighted by Crippen LogP contribution is 2.32. The van der Waals surface area contributed by atoms with Crippen molar-refractivity contribution in [2.45, 2.75) is 38.8 Å². The van der Waals surface area contributed by atoms with Gasteiger partial charge in [-0.15, -0.1) is 0 Å². The van der Waals surface area contributed by atoms with Crippen molar-refractivity contribution < 1.29 is 9.47 Å². The van der Waals surface area contributed by atoms with Crippen LogP contribution < -0.4 is 15.2 Å². The Kier molecular flexibility index (Phi) is 4.72. The van der Waals surface area contributed by atoms with Gasteiger partial charge in [0.05, 0.1) is 0 Å². The Labute approximate surface area is 153 Å². The van der Waals surface area contributed by atoms with E-state index in [-0.39, 0.29) is 5.69 Å². The van der Waals surface area contributed by atoms with E-state index in [1.807, 2.05) is 13.0 Å². The molecule has 1 saturated heterocycles. The van der Waals surface area contributed by atoms with Gasteiger partial charge in [-0.1, -0.05) is 6.07 Å². The maximum absolute atomic E-state index is 12.2. The molecule has 0 saturated carbocycles. The molecule has 1 aromatic heterocycles. The Morgan fingerprint density at radius 2 is 2.04 bits per heavy atom. The van der Waals surface area contributed by atoms with E-state index in [4.69, 9.17) is 9.47 Å². The molecule has 4 rings (SSSR count). The summed E-state index contributed by atoms with van der Waals surface area (Å²) in [7, 11) is 1.73. The maximum atomic E-state index is 12.2. The minimum absolute atomic E-state index is 0.0218. The summed E-state index contributed by atoms with van der Waals surface area (Å²) in [4.78, 5) is 14.6. The van der Waals surface area contributed by atoms with E-state index in [1.165, 1.54) is 10.2 Å². The molecule has 7 nitrogen and oxygen atoms in total. The molecule has 1 fully saturated rings. The van der Waals surface area contributed by atoms with Crippen LogP contribution in [0.25, 0.3) is 0 Å². The molecule has 2 aliphatic heterocycles. The predicted octanol–water partition coefficient (Wildman–Crippen LogP) is 1.75. The molecule has 1 atom stereocenters. The molecule has 140 valence electrons. The van der Waals surface area contributed by atoms with Gasteiger partial charge in [0.2, 0.25) is 0 Å². The second-order valence-corrected chi connectivity index (χ2v) is 7.06. The maximum Gasteiger partial charge on any atom is 0.345 e. The third-order valence-electron chi connectivity index (χ3n) is 5.24. The summed E-state index contributed by atoms with van der Waals surface area (Å²) in [6.45, 7) is 6.75. The smallest absolute Gasteiger partial charge is 0.345 e. The average Bonchev–Trinajstić information content (AvgIpc) is 2.96. The number of likely N-dealkylation sites (tertiary alicyclic amines) is 1. The number of hydrogen-bond acceptors (Lipinski definition) is 5. The topological polar surface area (TPSA) is 61.5 Å². The van der Waals surface area contributed by atoms with Crippen LogP contribution in [0.4, 0.5) is 0 Å². The van der Waals surface area contributed by atoms with Crippen LogP contribution >= 0.6 is 0 Å². The quantitative estimate of drug-likeness (QED) is 0.833. The zero-order chi connectivity index (χ0) is 18.1. The Hall–Kier alpha value is -2.28. The fraction of sp³-hybridized carbons (Fsp3) is 0.579. The summed E-state index contributed by atoms with van der Waals surface area (Å²) in [6, 6.07) is 6.19. The van der Waals surface area contributed by atoms with Crippen molar-refractivity contribution >= 4 is 0 Å². The number of fused-ring (bicyclic) bond motifs is 1. The summed E-state index contributed by atoms with van der Waals surface area (Å²) in [5.74, 6) is 2.89. The molecule has 1 aromatic carbocycles. The van der Waals surface area contributed by atoms with E-state index in [9.17, 15) is 4.79 Å². The molecule has 0 amide bonds. The third kappa shape index (κ3) is 3.23. The Balaban J connectivity index is 1.49. The third-order valence-corrected chi connectivity index (χ3v) is 5.24. The van der Waals surface area contributed by atoms with E-state index in [2.05, 4.69) is 22.1 Å². The fourth-order valence-corrected chi connectivity index (χ4v) is 3.98. The minimum atomic E-state index is -0.0218. The molecule has 0 N–H and O–H groups in total. The zero-order valence-corrected chi connectivity index (χ0v) is 15.5. The number of benzene rings is 1. The van der Waals surface area contributed by atoms with E-state index < -0.39 is 0 Å². The van der Waals surface area contributed by atoms with Crippen molar-refractivity contribution in [1.29, 1.82) is 0 Å². The van der Waals surface area contributed by atoms with Crippen LogP contribution in [0.2, 0.25) is 0 Å². The lowest BCUT2D eigenvalue weighted by atomic mass is 9.96. The van der Waals surface area contributed by atoms with Crippen molar-refractivity contribution in [3.63, 3.8) is 0 Å². The molecule has 0 bridgehead atoms. The zero-order valence-electron chi connectivity index (χ0n) is 15.5. The van der Waals surface area contributed by atoms with Gasteiger partial charge >= 0.3 is 5.69 Å². The van der Waals surface area contributed by atoms with E-state index in [0.717, 1.165) is 49.8 Å². The highest BCUT2D eigenvalue weighted by Gasteiger charge is 2.27. The molecule has 0 radical (unpaired) electrons. The number of rotatable bonds is 4. The SMILES string of the molecule is CCn1c([C@@H]2CCCN(Cc3ccc4c(c3)OCCO4)C2)nn(C)c1=O. The largest absolute Gasteiger partial charge is 0.486 e. The first kappa shape index (κ1) is 17.1. The lowest BCUT2D eigenvalue weighted by Crippen LogP contribution is -2.35. The van der Waals surface area contributed by atoms with Crippen molar-refractivity contribution in [2.24, 2.45) is 7.05 Å². The normalized spacial score (nSPS) is 20.3. The molecule has 26 heavy (non-hydrogen) atoms. The summed E-state index contributed by atoms with van der Waals surface area (Å²) in [5, 5.41) is 4.51. The Morgan fingerprint density at radius 3 is 2.85 bits per heavy atom. The lowest BCUT2D eigenvalue weighted by molar-refractivity contribution is 0.170. The standard InChI is InChI=1S/C19H26N4O3/c1-3-23-18(20-21(2)19(23)24)15-5-4-8-22(13-15)12-14-6-7-16-17(11-14)26-10-9-25-16/h6-7,11,15H,3-5,8-10,12-13H2,1-2H3/t15-/m1/s1. The van der Waals surface area contributed by atoms with Gasteiger partial charge in [-0.3, -0.25) is 9.47 Å². The highest BCUT2D eigenvalue weighted by molar-refractivity contribution is 5.43. The summed E-state index contributed by atoms with van der Waals surface area (Å²) in [5.41, 5.74) is 1.20. The van der Waals surface area contributed by atoms with Crippen molar-refractivity contribution in [1.82, 2.24) is 19.2 Å². The first-order valence-corrected chi connectivity index (χ1v) is 9.40. The molecule has 2 aliphatic rings. The molecule has 0 spiro atoms. The van der Waals surface area contributed by atoms with Crippen LogP contribution in [0.5, 0.6) is 11.5 Å². The lowest BCUT2D eigenvalue weighted by Gasteiger charge is -2.32. The number of aromatic nitrogens is 3. The van der Waals surface area contributed by atoms with Gasteiger partial charge in [0.25, 0.3) is 0 Å². The number of hydrogen-bond donors (Lipinski definition) is 0. The van der Waals surface area contributed by atoms with Gasteiger partial charge in [0, 0.05) is 32.6 Å². The van der Waals surface area contributed by atoms with Crippen LogP contribution in [0, 0.1) is 0 Å². The average molecular weight is 358 g/mol.